The van der Waals surface area contributed by atoms with Gasteiger partial charge in [-0.15, -0.1) is 10.2 Å². The van der Waals surface area contributed by atoms with Crippen LogP contribution in [0.1, 0.15) is 44.0 Å². The number of amides is 2. The zero-order chi connectivity index (χ0) is 15.2. The first-order valence-corrected chi connectivity index (χ1v) is 8.02. The second-order valence-electron chi connectivity index (χ2n) is 5.24. The number of rotatable bonds is 5. The Labute approximate surface area is 127 Å². The lowest BCUT2D eigenvalue weighted by atomic mass is 9.86. The zero-order valence-electron chi connectivity index (χ0n) is 12.0. The number of aromatic nitrogens is 2. The van der Waals surface area contributed by atoms with E-state index >= 15 is 0 Å². The van der Waals surface area contributed by atoms with E-state index in [0.717, 1.165) is 17.8 Å². The molecule has 0 aliphatic heterocycles. The van der Waals surface area contributed by atoms with Crippen molar-refractivity contribution in [2.45, 2.75) is 51.5 Å². The Morgan fingerprint density at radius 2 is 2.00 bits per heavy atom. The summed E-state index contributed by atoms with van der Waals surface area (Å²) in [5, 5.41) is 23.8. The molecule has 0 bridgehead atoms. The maximum absolute atomic E-state index is 11.9. The molecule has 0 saturated heterocycles. The number of carboxylic acid groups (broad SMARTS) is 1. The highest BCUT2D eigenvalue weighted by molar-refractivity contribution is 7.15. The molecule has 3 N–H and O–H groups in total. The summed E-state index contributed by atoms with van der Waals surface area (Å²) in [6, 6.07) is -0.267. The van der Waals surface area contributed by atoms with Crippen molar-refractivity contribution in [3.63, 3.8) is 0 Å². The van der Waals surface area contributed by atoms with E-state index in [1.54, 1.807) is 0 Å². The number of anilines is 1. The lowest BCUT2D eigenvalue weighted by molar-refractivity contribution is -0.142. The third-order valence-electron chi connectivity index (χ3n) is 3.56. The van der Waals surface area contributed by atoms with Crippen LogP contribution in [0.5, 0.6) is 0 Å². The second kappa shape index (κ2) is 7.35. The van der Waals surface area contributed by atoms with Gasteiger partial charge in [0.25, 0.3) is 0 Å². The number of hydrogen-bond acceptors (Lipinski definition) is 5. The molecule has 2 amide bonds. The van der Waals surface area contributed by atoms with E-state index in [9.17, 15) is 9.59 Å². The van der Waals surface area contributed by atoms with E-state index < -0.39 is 5.97 Å². The first-order chi connectivity index (χ1) is 10.1. The molecule has 8 heteroatoms. The monoisotopic (exact) mass is 312 g/mol. The quantitative estimate of drug-likeness (QED) is 0.773. The minimum atomic E-state index is -0.741. The normalized spacial score (nSPS) is 21.8. The summed E-state index contributed by atoms with van der Waals surface area (Å²) in [5.41, 5.74) is 0. The molecule has 2 rings (SSSR count). The average Bonchev–Trinajstić information content (AvgIpc) is 2.87. The molecule has 0 unspecified atom stereocenters. The fourth-order valence-electron chi connectivity index (χ4n) is 2.42. The number of aryl methyl sites for hydroxylation is 1. The van der Waals surface area contributed by atoms with Gasteiger partial charge in [0, 0.05) is 12.5 Å². The van der Waals surface area contributed by atoms with Crippen molar-refractivity contribution < 1.29 is 14.7 Å². The number of hydrogen-bond donors (Lipinski definition) is 3. The fraction of sp³-hybridized carbons (Fsp3) is 0.692. The third-order valence-corrected chi connectivity index (χ3v) is 4.46. The molecule has 1 aliphatic carbocycles. The average molecular weight is 312 g/mol. The van der Waals surface area contributed by atoms with Crippen molar-refractivity contribution in [3.8, 4) is 0 Å². The van der Waals surface area contributed by atoms with Gasteiger partial charge >= 0.3 is 12.0 Å². The Balaban J connectivity index is 1.75. The van der Waals surface area contributed by atoms with Gasteiger partial charge in [0.2, 0.25) is 5.13 Å². The van der Waals surface area contributed by atoms with Crippen molar-refractivity contribution in [1.82, 2.24) is 15.5 Å². The molecule has 1 saturated carbocycles. The predicted octanol–water partition coefficient (Wildman–Crippen LogP) is 2.26. The fourth-order valence-corrected chi connectivity index (χ4v) is 3.26. The van der Waals surface area contributed by atoms with Crippen LogP contribution >= 0.6 is 11.3 Å². The van der Waals surface area contributed by atoms with Crippen LogP contribution < -0.4 is 10.6 Å². The van der Waals surface area contributed by atoms with Gasteiger partial charge in [-0.3, -0.25) is 10.1 Å². The molecular weight excluding hydrogens is 292 g/mol. The Morgan fingerprint density at radius 3 is 2.62 bits per heavy atom. The summed E-state index contributed by atoms with van der Waals surface area (Å²) >= 11 is 1.38. The molecule has 1 aromatic heterocycles. The number of nitrogens with zero attached hydrogens (tertiary/aromatic N) is 2. The largest absolute Gasteiger partial charge is 0.481 e. The molecule has 0 atom stereocenters. The van der Waals surface area contributed by atoms with Gasteiger partial charge in [-0.25, -0.2) is 4.79 Å². The first kappa shape index (κ1) is 15.7. The number of aliphatic carboxylic acids is 1. The molecule has 1 heterocycles. The first-order valence-electron chi connectivity index (χ1n) is 7.21. The molecule has 1 aliphatic rings. The summed E-state index contributed by atoms with van der Waals surface area (Å²) in [5.74, 6) is -1.01. The minimum absolute atomic E-state index is 0.0311. The Hall–Kier alpha value is -1.70. The molecular formula is C13H20N4O3S. The van der Waals surface area contributed by atoms with E-state index in [2.05, 4.69) is 27.8 Å². The van der Waals surface area contributed by atoms with Gasteiger partial charge < -0.3 is 10.4 Å². The van der Waals surface area contributed by atoms with Crippen LogP contribution in [0.2, 0.25) is 0 Å². The second-order valence-corrected chi connectivity index (χ2v) is 6.30. The summed E-state index contributed by atoms with van der Waals surface area (Å²) < 4.78 is 0. The van der Waals surface area contributed by atoms with E-state index in [-0.39, 0.29) is 18.0 Å². The van der Waals surface area contributed by atoms with Crippen LogP contribution in [0.25, 0.3) is 0 Å². The van der Waals surface area contributed by atoms with Crippen LogP contribution in [0.3, 0.4) is 0 Å². The summed E-state index contributed by atoms with van der Waals surface area (Å²) in [7, 11) is 0. The Morgan fingerprint density at radius 1 is 1.29 bits per heavy atom. The van der Waals surface area contributed by atoms with Gasteiger partial charge in [-0.1, -0.05) is 18.3 Å². The molecule has 0 aromatic carbocycles. The van der Waals surface area contributed by atoms with Gasteiger partial charge in [0.1, 0.15) is 5.01 Å². The smallest absolute Gasteiger partial charge is 0.321 e. The molecule has 7 nitrogen and oxygen atoms in total. The third kappa shape index (κ3) is 4.66. The minimum Gasteiger partial charge on any atom is -0.481 e. The SMILES string of the molecule is CCCc1nnc(NC(=O)NC2CCC(C(=O)O)CC2)s1. The highest BCUT2D eigenvalue weighted by Gasteiger charge is 2.26. The predicted molar refractivity (Wildman–Crippen MR) is 79.4 cm³/mol. The van der Waals surface area contributed by atoms with Crippen molar-refractivity contribution in [1.29, 1.82) is 0 Å². The molecule has 1 aromatic rings. The van der Waals surface area contributed by atoms with Gasteiger partial charge in [-0.05, 0) is 32.1 Å². The number of carboxylic acids is 1. The number of urea groups is 1. The van der Waals surface area contributed by atoms with E-state index in [0.29, 0.717) is 30.8 Å². The van der Waals surface area contributed by atoms with Gasteiger partial charge in [-0.2, -0.15) is 0 Å². The zero-order valence-corrected chi connectivity index (χ0v) is 12.8. The number of carbonyl (C=O) groups excluding carboxylic acids is 1. The molecule has 116 valence electrons. The highest BCUT2D eigenvalue weighted by atomic mass is 32.1. The van der Waals surface area contributed by atoms with Crippen LogP contribution in [0.15, 0.2) is 0 Å². The van der Waals surface area contributed by atoms with Crippen LogP contribution in [-0.2, 0) is 11.2 Å². The molecule has 0 spiro atoms. The lowest BCUT2D eigenvalue weighted by Crippen LogP contribution is -2.40. The summed E-state index contributed by atoms with van der Waals surface area (Å²) in [4.78, 5) is 22.7. The highest BCUT2D eigenvalue weighted by Crippen LogP contribution is 2.24. The molecule has 0 radical (unpaired) electrons. The van der Waals surface area contributed by atoms with E-state index in [4.69, 9.17) is 5.11 Å². The van der Waals surface area contributed by atoms with Crippen molar-refractivity contribution in [2.75, 3.05) is 5.32 Å². The summed E-state index contributed by atoms with van der Waals surface area (Å²) in [6.07, 6.45) is 4.47. The van der Waals surface area contributed by atoms with Crippen LogP contribution in [0, 0.1) is 5.92 Å². The van der Waals surface area contributed by atoms with Gasteiger partial charge in [0.05, 0.1) is 5.92 Å². The van der Waals surface area contributed by atoms with E-state index in [1.807, 2.05) is 0 Å². The lowest BCUT2D eigenvalue weighted by Gasteiger charge is -2.26. The van der Waals surface area contributed by atoms with Gasteiger partial charge in [0.15, 0.2) is 0 Å². The number of carbonyl (C=O) groups is 2. The van der Waals surface area contributed by atoms with Crippen molar-refractivity contribution in [3.05, 3.63) is 5.01 Å². The maximum Gasteiger partial charge on any atom is 0.321 e. The Kier molecular flexibility index (Phi) is 5.49. The summed E-state index contributed by atoms with van der Waals surface area (Å²) in [6.45, 7) is 2.06. The Bertz CT molecular complexity index is 497. The van der Waals surface area contributed by atoms with Crippen molar-refractivity contribution >= 4 is 28.5 Å². The van der Waals surface area contributed by atoms with E-state index in [1.165, 1.54) is 11.3 Å². The van der Waals surface area contributed by atoms with Crippen LogP contribution in [0.4, 0.5) is 9.93 Å². The standard InChI is InChI=1S/C13H20N4O3S/c1-2-3-10-16-17-13(21-10)15-12(20)14-9-6-4-8(5-7-9)11(18)19/h8-9H,2-7H2,1H3,(H,18,19)(H2,14,15,17,20). The maximum atomic E-state index is 11.9. The molecule has 21 heavy (non-hydrogen) atoms. The topological polar surface area (TPSA) is 104 Å². The molecule has 1 fully saturated rings. The van der Waals surface area contributed by atoms with Crippen LogP contribution in [-0.4, -0.2) is 33.3 Å². The number of nitrogens with one attached hydrogen (secondary N) is 2. The van der Waals surface area contributed by atoms with Crippen molar-refractivity contribution in [2.24, 2.45) is 5.92 Å².